The summed E-state index contributed by atoms with van der Waals surface area (Å²) in [6.45, 7) is 17.6. The fraction of sp³-hybridized carbons (Fsp3) is 0.955. The molecule has 0 bridgehead atoms. The van der Waals surface area contributed by atoms with Gasteiger partial charge in [-0.15, -0.1) is 0 Å². The van der Waals surface area contributed by atoms with E-state index in [1.54, 1.807) is 13.8 Å². The van der Waals surface area contributed by atoms with Gasteiger partial charge in [0.15, 0.2) is 8.32 Å². The highest BCUT2D eigenvalue weighted by molar-refractivity contribution is 6.74. The predicted octanol–water partition coefficient (Wildman–Crippen LogP) is 5.30. The van der Waals surface area contributed by atoms with E-state index in [4.69, 9.17) is 9.16 Å². The first-order chi connectivity index (χ1) is 12.2. The van der Waals surface area contributed by atoms with Gasteiger partial charge in [-0.05, 0) is 69.0 Å². The first-order valence-electron chi connectivity index (χ1n) is 10.7. The number of esters is 1. The Bertz CT molecular complexity index is 531. The monoisotopic (exact) mass is 398 g/mol. The van der Waals surface area contributed by atoms with Crippen LogP contribution < -0.4 is 0 Å². The van der Waals surface area contributed by atoms with Gasteiger partial charge in [0.1, 0.15) is 0 Å². The lowest BCUT2D eigenvalue weighted by atomic mass is 9.64. The first-order valence-corrected chi connectivity index (χ1v) is 13.6. The van der Waals surface area contributed by atoms with Crippen molar-refractivity contribution in [2.24, 2.45) is 17.3 Å². The second-order valence-corrected chi connectivity index (χ2v) is 16.0. The van der Waals surface area contributed by atoms with Crippen molar-refractivity contribution in [3.05, 3.63) is 0 Å². The summed E-state index contributed by atoms with van der Waals surface area (Å²) in [5, 5.41) is 10.0. The fourth-order valence-corrected chi connectivity index (χ4v) is 6.10. The molecule has 0 aliphatic heterocycles. The zero-order valence-corrected chi connectivity index (χ0v) is 19.9. The van der Waals surface area contributed by atoms with Gasteiger partial charge in [0.05, 0.1) is 18.1 Å². The van der Waals surface area contributed by atoms with E-state index in [2.05, 4.69) is 40.8 Å². The molecule has 158 valence electrons. The van der Waals surface area contributed by atoms with Crippen LogP contribution in [0.2, 0.25) is 18.1 Å². The van der Waals surface area contributed by atoms with Crippen molar-refractivity contribution in [3.8, 4) is 0 Å². The summed E-state index contributed by atoms with van der Waals surface area (Å²) in [5.74, 6) is 0.347. The molecule has 0 aromatic carbocycles. The molecule has 5 heteroatoms. The van der Waals surface area contributed by atoms with Gasteiger partial charge in [0.25, 0.3) is 0 Å². The largest absolute Gasteiger partial charge is 0.465 e. The lowest BCUT2D eigenvalue weighted by Gasteiger charge is -2.48. The van der Waals surface area contributed by atoms with E-state index in [0.29, 0.717) is 18.9 Å². The van der Waals surface area contributed by atoms with Gasteiger partial charge in [-0.2, -0.15) is 0 Å². The molecule has 0 unspecified atom stereocenters. The Morgan fingerprint density at radius 3 is 2.33 bits per heavy atom. The maximum atomic E-state index is 12.8. The van der Waals surface area contributed by atoms with Crippen molar-refractivity contribution < 1.29 is 19.1 Å². The highest BCUT2D eigenvalue weighted by atomic mass is 28.4. The number of hydrogen-bond acceptors (Lipinski definition) is 4. The van der Waals surface area contributed by atoms with Crippen molar-refractivity contribution in [2.75, 3.05) is 6.61 Å². The molecular formula is C22H42O4Si. The minimum absolute atomic E-state index is 0.0168. The lowest BCUT2D eigenvalue weighted by Crippen LogP contribution is -2.50. The van der Waals surface area contributed by atoms with Gasteiger partial charge >= 0.3 is 5.97 Å². The van der Waals surface area contributed by atoms with E-state index in [-0.39, 0.29) is 28.4 Å². The zero-order valence-electron chi connectivity index (χ0n) is 18.9. The lowest BCUT2D eigenvalue weighted by molar-refractivity contribution is -0.155. The number of carbonyl (C=O) groups excluding carboxylic acids is 1. The number of ether oxygens (including phenoxy) is 1. The van der Waals surface area contributed by atoms with Crippen LogP contribution in [0.25, 0.3) is 0 Å². The van der Waals surface area contributed by atoms with E-state index in [0.717, 1.165) is 32.1 Å². The molecule has 0 spiro atoms. The van der Waals surface area contributed by atoms with Gasteiger partial charge in [-0.3, -0.25) is 4.79 Å². The smallest absolute Gasteiger partial charge is 0.309 e. The number of fused-ring (bicyclic) bond motifs is 1. The number of aliphatic hydroxyl groups is 1. The second-order valence-electron chi connectivity index (χ2n) is 11.3. The molecule has 4 nitrogen and oxygen atoms in total. The maximum absolute atomic E-state index is 12.8. The Labute approximate surface area is 167 Å². The van der Waals surface area contributed by atoms with Crippen LogP contribution in [0.1, 0.15) is 80.1 Å². The van der Waals surface area contributed by atoms with Crippen LogP contribution in [0.15, 0.2) is 0 Å². The van der Waals surface area contributed by atoms with Crippen molar-refractivity contribution in [3.63, 3.8) is 0 Å². The van der Waals surface area contributed by atoms with Crippen LogP contribution in [-0.2, 0) is 14.0 Å². The minimum Gasteiger partial charge on any atom is -0.465 e. The topological polar surface area (TPSA) is 55.8 Å². The van der Waals surface area contributed by atoms with Crippen LogP contribution >= 0.6 is 0 Å². The maximum Gasteiger partial charge on any atom is 0.309 e. The Morgan fingerprint density at radius 2 is 1.78 bits per heavy atom. The molecule has 0 amide bonds. The summed E-state index contributed by atoms with van der Waals surface area (Å²) in [4.78, 5) is 12.8. The van der Waals surface area contributed by atoms with Gasteiger partial charge in [-0.25, -0.2) is 0 Å². The highest BCUT2D eigenvalue weighted by Crippen LogP contribution is 2.57. The standard InChI is InChI=1S/C22H42O4Si/c1-20(2,3)27(7,8)26-18-10-9-13-22(6)16(18)11-12-17(22)19(23)25-15-14-21(4,5)24/h16-18,24H,9-15H2,1-8H3/t16-,17+,18-,22-/m0/s1. The number of carbonyl (C=O) groups is 1. The average molecular weight is 399 g/mol. The quantitative estimate of drug-likeness (QED) is 0.487. The molecule has 27 heavy (non-hydrogen) atoms. The summed E-state index contributed by atoms with van der Waals surface area (Å²) in [6, 6.07) is 0. The van der Waals surface area contributed by atoms with Crippen molar-refractivity contribution in [1.82, 2.24) is 0 Å². The molecule has 0 radical (unpaired) electrons. The summed E-state index contributed by atoms with van der Waals surface area (Å²) in [7, 11) is -1.82. The molecule has 2 saturated carbocycles. The summed E-state index contributed by atoms with van der Waals surface area (Å²) < 4.78 is 12.4. The molecule has 2 fully saturated rings. The molecule has 4 atom stereocenters. The van der Waals surface area contributed by atoms with E-state index < -0.39 is 13.9 Å². The van der Waals surface area contributed by atoms with Crippen LogP contribution in [0.4, 0.5) is 0 Å². The van der Waals surface area contributed by atoms with Crippen molar-refractivity contribution in [1.29, 1.82) is 0 Å². The molecule has 2 aliphatic carbocycles. The minimum atomic E-state index is -1.82. The van der Waals surface area contributed by atoms with E-state index >= 15 is 0 Å². The zero-order chi connectivity index (χ0) is 20.7. The van der Waals surface area contributed by atoms with Crippen LogP contribution in [0.3, 0.4) is 0 Å². The van der Waals surface area contributed by atoms with Crippen LogP contribution in [-0.4, -0.2) is 37.7 Å². The Morgan fingerprint density at radius 1 is 1.15 bits per heavy atom. The third kappa shape index (κ3) is 5.16. The fourth-order valence-electron chi connectivity index (χ4n) is 4.70. The third-order valence-corrected chi connectivity index (χ3v) is 12.1. The number of hydrogen-bond donors (Lipinski definition) is 1. The summed E-state index contributed by atoms with van der Waals surface area (Å²) >= 11 is 0. The van der Waals surface area contributed by atoms with E-state index in [9.17, 15) is 9.90 Å². The van der Waals surface area contributed by atoms with Crippen LogP contribution in [0, 0.1) is 17.3 Å². The average Bonchev–Trinajstić information content (AvgIpc) is 2.82. The van der Waals surface area contributed by atoms with E-state index in [1.807, 2.05) is 0 Å². The predicted molar refractivity (Wildman–Crippen MR) is 112 cm³/mol. The molecule has 0 aromatic heterocycles. The highest BCUT2D eigenvalue weighted by Gasteiger charge is 2.56. The molecule has 1 N–H and O–H groups in total. The van der Waals surface area contributed by atoms with Gasteiger partial charge < -0.3 is 14.3 Å². The van der Waals surface area contributed by atoms with Gasteiger partial charge in [-0.1, -0.05) is 34.1 Å². The molecule has 2 rings (SSSR count). The molecule has 0 heterocycles. The van der Waals surface area contributed by atoms with Crippen LogP contribution in [0.5, 0.6) is 0 Å². The van der Waals surface area contributed by atoms with E-state index in [1.165, 1.54) is 0 Å². The Kier molecular flexibility index (Phi) is 6.61. The Balaban J connectivity index is 2.05. The molecule has 0 saturated heterocycles. The van der Waals surface area contributed by atoms with Gasteiger partial charge in [0, 0.05) is 12.5 Å². The Hall–Kier alpha value is -0.393. The summed E-state index contributed by atoms with van der Waals surface area (Å²) in [6.07, 6.45) is 6.04. The molecule has 0 aromatic rings. The van der Waals surface area contributed by atoms with Gasteiger partial charge in [0.2, 0.25) is 0 Å². The SMILES string of the molecule is CC(C)(O)CCOC(=O)[C@H]1CC[C@H]2[C@@H](O[Si](C)(C)C(C)(C)C)CCC[C@]12C. The van der Waals surface area contributed by atoms with Crippen molar-refractivity contribution >= 4 is 14.3 Å². The van der Waals surface area contributed by atoms with Crippen molar-refractivity contribution in [2.45, 2.75) is 110 Å². The molecular weight excluding hydrogens is 356 g/mol. The third-order valence-electron chi connectivity index (χ3n) is 7.56. The second kappa shape index (κ2) is 7.79. The summed E-state index contributed by atoms with van der Waals surface area (Å²) in [5.41, 5.74) is -0.813. The number of rotatable bonds is 6. The first kappa shape index (κ1) is 22.9. The normalized spacial score (nSPS) is 32.3. The molecule has 2 aliphatic rings.